The molecule has 0 unspecified atom stereocenters. The summed E-state index contributed by atoms with van der Waals surface area (Å²) in [6, 6.07) is 8.54. The van der Waals surface area contributed by atoms with Gasteiger partial charge < -0.3 is 14.8 Å². The van der Waals surface area contributed by atoms with Gasteiger partial charge in [-0.15, -0.1) is 11.3 Å². The van der Waals surface area contributed by atoms with Crippen molar-refractivity contribution in [3.05, 3.63) is 56.1 Å². The van der Waals surface area contributed by atoms with E-state index < -0.39 is 0 Å². The van der Waals surface area contributed by atoms with Crippen LogP contribution in [0.3, 0.4) is 0 Å². The van der Waals surface area contributed by atoms with Crippen LogP contribution in [-0.4, -0.2) is 36.1 Å². The third-order valence-electron chi connectivity index (χ3n) is 4.50. The number of fused-ring (bicyclic) bond motifs is 1. The molecule has 1 aliphatic rings. The van der Waals surface area contributed by atoms with Crippen molar-refractivity contribution in [3.63, 3.8) is 0 Å². The van der Waals surface area contributed by atoms with Gasteiger partial charge in [-0.3, -0.25) is 4.79 Å². The average molecular weight is 331 g/mol. The van der Waals surface area contributed by atoms with Gasteiger partial charge in [0.15, 0.2) is 0 Å². The molecule has 1 atom stereocenters. The van der Waals surface area contributed by atoms with Crippen LogP contribution in [-0.2, 0) is 25.9 Å². The van der Waals surface area contributed by atoms with Gasteiger partial charge in [0.05, 0.1) is 0 Å². The fourth-order valence-electron chi connectivity index (χ4n) is 3.20. The third-order valence-corrected chi connectivity index (χ3v) is 5.38. The van der Waals surface area contributed by atoms with E-state index in [2.05, 4.69) is 27.7 Å². The van der Waals surface area contributed by atoms with Crippen molar-refractivity contribution < 1.29 is 0 Å². The second-order valence-corrected chi connectivity index (χ2v) is 7.53. The minimum absolute atomic E-state index is 0.135. The van der Waals surface area contributed by atoms with E-state index in [1.807, 2.05) is 24.7 Å². The maximum atomic E-state index is 12.2. The molecule has 0 saturated carbocycles. The molecule has 5 heteroatoms. The maximum Gasteiger partial charge on any atom is 0.250 e. The normalized spacial score (nSPS) is 17.4. The Hall–Kier alpha value is -1.43. The van der Waals surface area contributed by atoms with Gasteiger partial charge in [-0.2, -0.15) is 0 Å². The third kappa shape index (κ3) is 4.10. The molecule has 23 heavy (non-hydrogen) atoms. The molecule has 0 amide bonds. The number of rotatable bonds is 6. The van der Waals surface area contributed by atoms with E-state index in [9.17, 15) is 4.79 Å². The maximum absolute atomic E-state index is 12.2. The molecule has 0 saturated heterocycles. The number of nitrogens with zero attached hydrogens (tertiary/aromatic N) is 2. The lowest BCUT2D eigenvalue weighted by Crippen LogP contribution is -2.37. The van der Waals surface area contributed by atoms with Crippen LogP contribution >= 0.6 is 11.3 Å². The van der Waals surface area contributed by atoms with Crippen LogP contribution in [0, 0.1) is 0 Å². The molecule has 0 spiro atoms. The SMILES string of the molecule is CN(C)CCn1c2c(ccc1=O)C[C@@H](NCc1cccs1)CC2. The summed E-state index contributed by atoms with van der Waals surface area (Å²) in [7, 11) is 4.09. The van der Waals surface area contributed by atoms with Crippen LogP contribution in [0.1, 0.15) is 22.6 Å². The molecule has 0 fully saturated rings. The molecule has 0 aliphatic heterocycles. The van der Waals surface area contributed by atoms with Gasteiger partial charge in [0, 0.05) is 42.3 Å². The first-order valence-electron chi connectivity index (χ1n) is 8.25. The lowest BCUT2D eigenvalue weighted by Gasteiger charge is -2.28. The molecule has 0 radical (unpaired) electrons. The predicted molar refractivity (Wildman–Crippen MR) is 96.2 cm³/mol. The number of hydrogen-bond donors (Lipinski definition) is 1. The second kappa shape index (κ2) is 7.43. The zero-order valence-electron chi connectivity index (χ0n) is 13.9. The standard InChI is InChI=1S/C18H25N3OS/c1-20(2)9-10-21-17-7-6-15(12-14(17)5-8-18(21)22)19-13-16-4-3-11-23-16/h3-5,8,11,15,19H,6-7,9-10,12-13H2,1-2H3/t15-/m0/s1. The Labute approximate surface area is 141 Å². The summed E-state index contributed by atoms with van der Waals surface area (Å²) in [5, 5.41) is 5.79. The monoisotopic (exact) mass is 331 g/mol. The lowest BCUT2D eigenvalue weighted by atomic mass is 9.91. The number of hydrogen-bond acceptors (Lipinski definition) is 4. The van der Waals surface area contributed by atoms with E-state index in [0.717, 1.165) is 38.9 Å². The van der Waals surface area contributed by atoms with Crippen molar-refractivity contribution in [2.45, 2.75) is 38.4 Å². The summed E-state index contributed by atoms with van der Waals surface area (Å²) in [5.74, 6) is 0. The van der Waals surface area contributed by atoms with Crippen molar-refractivity contribution in [1.82, 2.24) is 14.8 Å². The van der Waals surface area contributed by atoms with Crippen LogP contribution < -0.4 is 10.9 Å². The van der Waals surface area contributed by atoms with Crippen LogP contribution in [0.4, 0.5) is 0 Å². The van der Waals surface area contributed by atoms with Gasteiger partial charge in [0.25, 0.3) is 5.56 Å². The highest BCUT2D eigenvalue weighted by Crippen LogP contribution is 2.21. The fourth-order valence-corrected chi connectivity index (χ4v) is 3.86. The highest BCUT2D eigenvalue weighted by Gasteiger charge is 2.21. The van der Waals surface area contributed by atoms with Crippen LogP contribution in [0.2, 0.25) is 0 Å². The minimum Gasteiger partial charge on any atom is -0.311 e. The van der Waals surface area contributed by atoms with E-state index >= 15 is 0 Å². The average Bonchev–Trinajstić information content (AvgIpc) is 3.05. The predicted octanol–water partition coefficient (Wildman–Crippen LogP) is 2.12. The van der Waals surface area contributed by atoms with Crippen molar-refractivity contribution in [3.8, 4) is 0 Å². The Bertz CT molecular complexity index is 691. The van der Waals surface area contributed by atoms with Gasteiger partial charge in [-0.25, -0.2) is 0 Å². The summed E-state index contributed by atoms with van der Waals surface area (Å²) in [4.78, 5) is 15.7. The smallest absolute Gasteiger partial charge is 0.250 e. The Balaban J connectivity index is 1.68. The zero-order chi connectivity index (χ0) is 16.2. The quantitative estimate of drug-likeness (QED) is 0.881. The molecule has 2 aromatic heterocycles. The van der Waals surface area contributed by atoms with Gasteiger partial charge in [0.2, 0.25) is 0 Å². The molecular formula is C18H25N3OS. The first-order valence-corrected chi connectivity index (χ1v) is 9.13. The Kier molecular flexibility index (Phi) is 5.30. The summed E-state index contributed by atoms with van der Waals surface area (Å²) in [6.45, 7) is 2.62. The Morgan fingerprint density at radius 2 is 2.22 bits per heavy atom. The van der Waals surface area contributed by atoms with E-state index in [1.54, 1.807) is 17.4 Å². The van der Waals surface area contributed by atoms with Crippen LogP contribution in [0.15, 0.2) is 34.4 Å². The van der Waals surface area contributed by atoms with E-state index in [1.165, 1.54) is 16.1 Å². The number of aromatic nitrogens is 1. The summed E-state index contributed by atoms with van der Waals surface area (Å²) >= 11 is 1.80. The van der Waals surface area contributed by atoms with Crippen molar-refractivity contribution in [2.24, 2.45) is 0 Å². The summed E-state index contributed by atoms with van der Waals surface area (Å²) in [6.07, 6.45) is 3.10. The molecule has 1 N–H and O–H groups in total. The Morgan fingerprint density at radius 3 is 2.96 bits per heavy atom. The molecule has 0 bridgehead atoms. The first-order chi connectivity index (χ1) is 11.1. The number of thiophene rings is 1. The highest BCUT2D eigenvalue weighted by atomic mass is 32.1. The van der Waals surface area contributed by atoms with Crippen LogP contribution in [0.25, 0.3) is 0 Å². The number of nitrogens with one attached hydrogen (secondary N) is 1. The molecule has 4 nitrogen and oxygen atoms in total. The van der Waals surface area contributed by atoms with Gasteiger partial charge >= 0.3 is 0 Å². The molecule has 0 aromatic carbocycles. The molecule has 2 aromatic rings. The Morgan fingerprint density at radius 1 is 1.35 bits per heavy atom. The van der Waals surface area contributed by atoms with E-state index in [0.29, 0.717) is 6.04 Å². The first kappa shape index (κ1) is 16.4. The van der Waals surface area contributed by atoms with Gasteiger partial charge in [-0.05, 0) is 50.4 Å². The molecular weight excluding hydrogens is 306 g/mol. The van der Waals surface area contributed by atoms with Crippen molar-refractivity contribution in [1.29, 1.82) is 0 Å². The van der Waals surface area contributed by atoms with Crippen LogP contribution in [0.5, 0.6) is 0 Å². The van der Waals surface area contributed by atoms with Gasteiger partial charge in [-0.1, -0.05) is 12.1 Å². The topological polar surface area (TPSA) is 37.3 Å². The number of likely N-dealkylation sites (N-methyl/N-ethyl adjacent to an activating group) is 1. The van der Waals surface area contributed by atoms with Gasteiger partial charge in [0.1, 0.15) is 0 Å². The molecule has 2 heterocycles. The molecule has 3 rings (SSSR count). The fraction of sp³-hybridized carbons (Fsp3) is 0.500. The molecule has 1 aliphatic carbocycles. The van der Waals surface area contributed by atoms with E-state index in [-0.39, 0.29) is 5.56 Å². The second-order valence-electron chi connectivity index (χ2n) is 6.50. The van der Waals surface area contributed by atoms with E-state index in [4.69, 9.17) is 0 Å². The largest absolute Gasteiger partial charge is 0.311 e. The molecule has 124 valence electrons. The summed E-state index contributed by atoms with van der Waals surface area (Å²) in [5.41, 5.74) is 2.71. The lowest BCUT2D eigenvalue weighted by molar-refractivity contribution is 0.370. The highest BCUT2D eigenvalue weighted by molar-refractivity contribution is 7.09. The summed E-state index contributed by atoms with van der Waals surface area (Å²) < 4.78 is 1.98. The number of pyridine rings is 1. The zero-order valence-corrected chi connectivity index (χ0v) is 14.7. The minimum atomic E-state index is 0.135. The van der Waals surface area contributed by atoms with Crippen molar-refractivity contribution >= 4 is 11.3 Å². The van der Waals surface area contributed by atoms with Crippen molar-refractivity contribution in [2.75, 3.05) is 20.6 Å².